The predicted molar refractivity (Wildman–Crippen MR) is 76.4 cm³/mol. The molecule has 0 atom stereocenters. The number of anilines is 1. The Kier molecular flexibility index (Phi) is 4.27. The van der Waals surface area contributed by atoms with Crippen molar-refractivity contribution in [2.24, 2.45) is 0 Å². The molecule has 0 aliphatic heterocycles. The molecule has 0 saturated heterocycles. The maximum atomic E-state index is 6.01. The summed E-state index contributed by atoms with van der Waals surface area (Å²) < 4.78 is 0. The summed E-state index contributed by atoms with van der Waals surface area (Å²) in [4.78, 5) is 19.0. The van der Waals surface area contributed by atoms with Gasteiger partial charge in [0.1, 0.15) is 0 Å². The van der Waals surface area contributed by atoms with Crippen LogP contribution in [0.25, 0.3) is 11.4 Å². The van der Waals surface area contributed by atoms with Gasteiger partial charge in [0.05, 0.1) is 0 Å². The van der Waals surface area contributed by atoms with Crippen LogP contribution in [-0.2, 0) is 0 Å². The Morgan fingerprint density at radius 1 is 1.16 bits per heavy atom. The van der Waals surface area contributed by atoms with Crippen molar-refractivity contribution in [2.75, 3.05) is 18.0 Å². The molecule has 0 bridgehead atoms. The standard InChI is InChI=1S/C13H16ClN5/c1-4-19(5-2)13-17-11(16-12(14)18-13)10-6-7-15-8-9(10)3/h6-8H,4-5H2,1-3H3. The van der Waals surface area contributed by atoms with Gasteiger partial charge in [-0.2, -0.15) is 15.0 Å². The van der Waals surface area contributed by atoms with Gasteiger partial charge < -0.3 is 4.90 Å². The van der Waals surface area contributed by atoms with Gasteiger partial charge in [-0.1, -0.05) is 0 Å². The minimum Gasteiger partial charge on any atom is -0.341 e. The van der Waals surface area contributed by atoms with E-state index in [1.807, 2.05) is 17.9 Å². The van der Waals surface area contributed by atoms with Gasteiger partial charge in [-0.3, -0.25) is 4.98 Å². The molecule has 2 rings (SSSR count). The molecule has 0 spiro atoms. The second kappa shape index (κ2) is 5.93. The number of rotatable bonds is 4. The summed E-state index contributed by atoms with van der Waals surface area (Å²) in [6.07, 6.45) is 3.50. The quantitative estimate of drug-likeness (QED) is 0.860. The molecule has 0 aliphatic carbocycles. The van der Waals surface area contributed by atoms with E-state index in [0.717, 1.165) is 24.2 Å². The zero-order valence-electron chi connectivity index (χ0n) is 11.3. The highest BCUT2D eigenvalue weighted by Crippen LogP contribution is 2.21. The molecule has 0 amide bonds. The summed E-state index contributed by atoms with van der Waals surface area (Å²) in [5.41, 5.74) is 1.93. The second-order valence-corrected chi connectivity index (χ2v) is 4.43. The first kappa shape index (κ1) is 13.7. The summed E-state index contributed by atoms with van der Waals surface area (Å²) in [6.45, 7) is 7.73. The van der Waals surface area contributed by atoms with Crippen molar-refractivity contribution in [2.45, 2.75) is 20.8 Å². The predicted octanol–water partition coefficient (Wildman–Crippen LogP) is 2.74. The Labute approximate surface area is 117 Å². The molecule has 19 heavy (non-hydrogen) atoms. The number of pyridine rings is 1. The molecule has 0 saturated carbocycles. The van der Waals surface area contributed by atoms with Crippen molar-refractivity contribution in [3.05, 3.63) is 29.3 Å². The highest BCUT2D eigenvalue weighted by atomic mass is 35.5. The molecule has 0 radical (unpaired) electrons. The molecule has 2 heterocycles. The fraction of sp³-hybridized carbons (Fsp3) is 0.385. The van der Waals surface area contributed by atoms with Crippen molar-refractivity contribution in [1.82, 2.24) is 19.9 Å². The SMILES string of the molecule is CCN(CC)c1nc(Cl)nc(-c2ccncc2C)n1. The summed E-state index contributed by atoms with van der Waals surface area (Å²) in [5.74, 6) is 1.19. The lowest BCUT2D eigenvalue weighted by molar-refractivity contribution is 0.813. The van der Waals surface area contributed by atoms with Crippen molar-refractivity contribution in [3.8, 4) is 11.4 Å². The Balaban J connectivity index is 2.51. The van der Waals surface area contributed by atoms with Crippen LogP contribution in [0.15, 0.2) is 18.5 Å². The number of nitrogens with zero attached hydrogens (tertiary/aromatic N) is 5. The van der Waals surface area contributed by atoms with E-state index in [1.54, 1.807) is 12.4 Å². The lowest BCUT2D eigenvalue weighted by atomic mass is 10.1. The van der Waals surface area contributed by atoms with Crippen molar-refractivity contribution >= 4 is 17.5 Å². The Morgan fingerprint density at radius 3 is 2.53 bits per heavy atom. The van der Waals surface area contributed by atoms with Crippen molar-refractivity contribution in [1.29, 1.82) is 0 Å². The maximum absolute atomic E-state index is 6.01. The van der Waals surface area contributed by atoms with Gasteiger partial charge in [0, 0.05) is 31.0 Å². The topological polar surface area (TPSA) is 54.8 Å². The van der Waals surface area contributed by atoms with Gasteiger partial charge >= 0.3 is 0 Å². The van der Waals surface area contributed by atoms with Crippen LogP contribution in [0, 0.1) is 6.92 Å². The van der Waals surface area contributed by atoms with E-state index < -0.39 is 0 Å². The van der Waals surface area contributed by atoms with Gasteiger partial charge in [-0.15, -0.1) is 0 Å². The van der Waals surface area contributed by atoms with E-state index in [-0.39, 0.29) is 5.28 Å². The van der Waals surface area contributed by atoms with E-state index in [9.17, 15) is 0 Å². The van der Waals surface area contributed by atoms with Crippen LogP contribution < -0.4 is 4.90 Å². The lowest BCUT2D eigenvalue weighted by Crippen LogP contribution is -2.24. The summed E-state index contributed by atoms with van der Waals surface area (Å²) in [7, 11) is 0. The smallest absolute Gasteiger partial charge is 0.230 e. The highest BCUT2D eigenvalue weighted by molar-refractivity contribution is 6.28. The molecule has 0 N–H and O–H groups in total. The first-order valence-electron chi connectivity index (χ1n) is 6.23. The van der Waals surface area contributed by atoms with Crippen molar-refractivity contribution < 1.29 is 0 Å². The molecule has 100 valence electrons. The van der Waals surface area contributed by atoms with Gasteiger partial charge in [-0.25, -0.2) is 0 Å². The fourth-order valence-corrected chi connectivity index (χ4v) is 1.99. The molecule has 5 nitrogen and oxygen atoms in total. The maximum Gasteiger partial charge on any atom is 0.230 e. The first-order valence-corrected chi connectivity index (χ1v) is 6.61. The van der Waals surface area contributed by atoms with Gasteiger partial charge in [0.15, 0.2) is 5.82 Å². The highest BCUT2D eigenvalue weighted by Gasteiger charge is 2.12. The number of aryl methyl sites for hydroxylation is 1. The monoisotopic (exact) mass is 277 g/mol. The molecule has 2 aromatic heterocycles. The van der Waals surface area contributed by atoms with E-state index >= 15 is 0 Å². The number of aromatic nitrogens is 4. The van der Waals surface area contributed by atoms with Crippen LogP contribution in [0.4, 0.5) is 5.95 Å². The normalized spacial score (nSPS) is 10.5. The zero-order valence-corrected chi connectivity index (χ0v) is 12.0. The molecular formula is C13H16ClN5. The summed E-state index contributed by atoms with van der Waals surface area (Å²) in [6, 6.07) is 1.88. The van der Waals surface area contributed by atoms with Gasteiger partial charge in [0.2, 0.25) is 11.2 Å². The third-order valence-electron chi connectivity index (χ3n) is 2.90. The molecule has 0 aliphatic rings. The minimum atomic E-state index is 0.211. The van der Waals surface area contributed by atoms with Crippen LogP contribution in [0.5, 0.6) is 0 Å². The van der Waals surface area contributed by atoms with Gasteiger partial charge in [0.25, 0.3) is 0 Å². The third kappa shape index (κ3) is 2.98. The van der Waals surface area contributed by atoms with Crippen LogP contribution in [-0.4, -0.2) is 33.0 Å². The second-order valence-electron chi connectivity index (χ2n) is 4.09. The Bertz CT molecular complexity index is 569. The molecule has 0 aromatic carbocycles. The molecule has 2 aromatic rings. The average molecular weight is 278 g/mol. The number of hydrogen-bond acceptors (Lipinski definition) is 5. The number of hydrogen-bond donors (Lipinski definition) is 0. The van der Waals surface area contributed by atoms with E-state index in [0.29, 0.717) is 11.8 Å². The largest absolute Gasteiger partial charge is 0.341 e. The number of halogens is 1. The fourth-order valence-electron chi connectivity index (χ4n) is 1.83. The Morgan fingerprint density at radius 2 is 1.89 bits per heavy atom. The van der Waals surface area contributed by atoms with E-state index in [2.05, 4.69) is 33.8 Å². The third-order valence-corrected chi connectivity index (χ3v) is 3.07. The van der Waals surface area contributed by atoms with Crippen molar-refractivity contribution in [3.63, 3.8) is 0 Å². The molecule has 0 unspecified atom stereocenters. The molecule has 6 heteroatoms. The average Bonchev–Trinajstić information content (AvgIpc) is 2.40. The summed E-state index contributed by atoms with van der Waals surface area (Å²) >= 11 is 6.01. The minimum absolute atomic E-state index is 0.211. The van der Waals surface area contributed by atoms with Crippen LogP contribution in [0.2, 0.25) is 5.28 Å². The van der Waals surface area contributed by atoms with E-state index in [1.165, 1.54) is 0 Å². The molecule has 0 fully saturated rings. The molecular weight excluding hydrogens is 262 g/mol. The van der Waals surface area contributed by atoms with Gasteiger partial charge in [-0.05, 0) is 44.0 Å². The van der Waals surface area contributed by atoms with Crippen LogP contribution >= 0.6 is 11.6 Å². The van der Waals surface area contributed by atoms with Crippen LogP contribution in [0.3, 0.4) is 0 Å². The lowest BCUT2D eigenvalue weighted by Gasteiger charge is -2.18. The first-order chi connectivity index (χ1) is 9.15. The summed E-state index contributed by atoms with van der Waals surface area (Å²) in [5, 5.41) is 0.211. The van der Waals surface area contributed by atoms with E-state index in [4.69, 9.17) is 11.6 Å². The zero-order chi connectivity index (χ0) is 13.8. The Hall–Kier alpha value is -1.75. The van der Waals surface area contributed by atoms with Crippen LogP contribution in [0.1, 0.15) is 19.4 Å².